The fraction of sp³-hybridized carbons (Fsp3) is 0.730. The van der Waals surface area contributed by atoms with Gasteiger partial charge in [-0.15, -0.1) is 0 Å². The minimum Gasteiger partial charge on any atom is -0.389 e. The van der Waals surface area contributed by atoms with Crippen molar-refractivity contribution in [1.29, 1.82) is 0 Å². The van der Waals surface area contributed by atoms with Gasteiger partial charge >= 0.3 is 0 Å². The zero-order chi connectivity index (χ0) is 28.8. The summed E-state index contributed by atoms with van der Waals surface area (Å²) < 4.78 is 15.9. The molecule has 4 heteroatoms. The van der Waals surface area contributed by atoms with Crippen molar-refractivity contribution >= 4 is 17.1 Å². The third-order valence-electron chi connectivity index (χ3n) is 12.9. The average Bonchev–Trinajstić information content (AvgIpc) is 3.30. The van der Waals surface area contributed by atoms with Crippen LogP contribution in [0.4, 0.5) is 4.39 Å². The van der Waals surface area contributed by atoms with Crippen LogP contribution in [0, 0.1) is 52.3 Å². The van der Waals surface area contributed by atoms with Crippen LogP contribution >= 0.6 is 0 Å². The summed E-state index contributed by atoms with van der Waals surface area (Å²) in [4.78, 5) is 10.4. The summed E-state index contributed by atoms with van der Waals surface area (Å²) in [6.45, 7) is 12.4. The van der Waals surface area contributed by atoms with Gasteiger partial charge in [0.1, 0.15) is 6.17 Å². The number of hydrogen-bond donors (Lipinski definition) is 0. The minimum atomic E-state index is -0.955. The molecule has 1 heterocycles. The first-order valence-corrected chi connectivity index (χ1v) is 16.9. The van der Waals surface area contributed by atoms with E-state index in [9.17, 15) is 0 Å². The number of alkyl halides is 1. The molecule has 4 saturated carbocycles. The first kappa shape index (κ1) is 29.1. The Morgan fingerprint density at radius 3 is 2.63 bits per heavy atom. The number of para-hydroxylation sites is 1. The van der Waals surface area contributed by atoms with Crippen molar-refractivity contribution < 1.29 is 9.23 Å². The summed E-state index contributed by atoms with van der Waals surface area (Å²) in [5.74, 6) is 5.34. The van der Waals surface area contributed by atoms with E-state index in [1.165, 1.54) is 57.8 Å². The fourth-order valence-corrected chi connectivity index (χ4v) is 10.8. The van der Waals surface area contributed by atoms with Gasteiger partial charge in [-0.3, -0.25) is 4.98 Å². The van der Waals surface area contributed by atoms with Crippen LogP contribution in [0.1, 0.15) is 111 Å². The van der Waals surface area contributed by atoms with Gasteiger partial charge in [0.2, 0.25) is 0 Å². The first-order valence-electron chi connectivity index (χ1n) is 16.9. The van der Waals surface area contributed by atoms with Crippen LogP contribution in [-0.4, -0.2) is 23.5 Å². The Hall–Kier alpha value is -1.97. The van der Waals surface area contributed by atoms with Gasteiger partial charge in [0.25, 0.3) is 0 Å². The van der Waals surface area contributed by atoms with Crippen molar-refractivity contribution in [2.45, 2.75) is 118 Å². The first-order chi connectivity index (χ1) is 19.7. The van der Waals surface area contributed by atoms with Crippen molar-refractivity contribution in [1.82, 2.24) is 4.98 Å². The smallest absolute Gasteiger partial charge is 0.158 e. The van der Waals surface area contributed by atoms with Crippen molar-refractivity contribution in [2.24, 2.45) is 57.4 Å². The number of aromatic nitrogens is 1. The molecule has 4 aliphatic carbocycles. The minimum absolute atomic E-state index is 0.0910. The SMILES string of the molecule is CC(C)CCC[C@@H](C)[C@H]1CC[C@H]2[C@@H]3CC[C@H]4C[C@H](O/N=C/c5cccc6cccnc56)[C@H](F)C[C@]4(C)[C@H]3CC[C@]12C. The summed E-state index contributed by atoms with van der Waals surface area (Å²) in [7, 11) is 0. The number of rotatable bonds is 8. The van der Waals surface area contributed by atoms with E-state index >= 15 is 4.39 Å². The average molecular weight is 561 g/mol. The standard InChI is InChI=1S/C37H53FN2O/c1-24(2)9-6-10-25(3)30-16-17-31-29-15-14-28-21-34(33(38)22-37(28,5)32(29)18-19-36(30,31)4)41-40-23-27-12-7-11-26-13-8-20-39-35(26)27/h7-8,11-13,20,23-25,28-34H,6,9-10,14-19,21-22H2,1-5H3/b40-23+/t25-,28+,29+,30-,31+,32+,33-,34+,36-,37+/m1/s1. The van der Waals surface area contributed by atoms with E-state index < -0.39 is 12.3 Å². The molecule has 6 rings (SSSR count). The number of oxime groups is 1. The van der Waals surface area contributed by atoms with Gasteiger partial charge < -0.3 is 4.84 Å². The van der Waals surface area contributed by atoms with Crippen LogP contribution in [0.2, 0.25) is 0 Å². The molecule has 0 saturated heterocycles. The molecule has 0 unspecified atom stereocenters. The van der Waals surface area contributed by atoms with E-state index in [-0.39, 0.29) is 5.41 Å². The highest BCUT2D eigenvalue weighted by Gasteiger charge is 2.61. The Labute approximate surface area is 248 Å². The predicted octanol–water partition coefficient (Wildman–Crippen LogP) is 10.0. The molecule has 41 heavy (non-hydrogen) atoms. The van der Waals surface area contributed by atoms with Gasteiger partial charge in [-0.05, 0) is 110 Å². The molecule has 0 spiro atoms. The molecular formula is C37H53FN2O. The Bertz CT molecular complexity index is 1220. The highest BCUT2D eigenvalue weighted by molar-refractivity contribution is 5.97. The number of nitrogens with zero attached hydrogens (tertiary/aromatic N) is 2. The van der Waals surface area contributed by atoms with Crippen LogP contribution < -0.4 is 0 Å². The zero-order valence-corrected chi connectivity index (χ0v) is 26.2. The van der Waals surface area contributed by atoms with Gasteiger partial charge in [0, 0.05) is 17.1 Å². The number of hydrogen-bond acceptors (Lipinski definition) is 3. The van der Waals surface area contributed by atoms with Crippen molar-refractivity contribution in [3.05, 3.63) is 42.1 Å². The Kier molecular flexibility index (Phi) is 8.24. The molecule has 0 aliphatic heterocycles. The van der Waals surface area contributed by atoms with E-state index in [4.69, 9.17) is 4.84 Å². The normalized spacial score (nSPS) is 39.4. The Morgan fingerprint density at radius 2 is 1.80 bits per heavy atom. The largest absolute Gasteiger partial charge is 0.389 e. The van der Waals surface area contributed by atoms with Crippen LogP contribution in [0.3, 0.4) is 0 Å². The molecule has 224 valence electrons. The van der Waals surface area contributed by atoms with E-state index in [1.807, 2.05) is 30.3 Å². The fourth-order valence-electron chi connectivity index (χ4n) is 10.8. The van der Waals surface area contributed by atoms with Gasteiger partial charge in [-0.1, -0.05) is 83.3 Å². The van der Waals surface area contributed by atoms with Crippen LogP contribution in [-0.2, 0) is 4.84 Å². The highest BCUT2D eigenvalue weighted by atomic mass is 19.1. The number of fused-ring (bicyclic) bond motifs is 6. The van der Waals surface area contributed by atoms with Gasteiger partial charge in [-0.2, -0.15) is 0 Å². The van der Waals surface area contributed by atoms with Gasteiger partial charge in [0.15, 0.2) is 6.10 Å². The second kappa shape index (κ2) is 11.6. The van der Waals surface area contributed by atoms with Crippen LogP contribution in [0.5, 0.6) is 0 Å². The highest BCUT2D eigenvalue weighted by Crippen LogP contribution is 2.68. The lowest BCUT2D eigenvalue weighted by atomic mass is 9.44. The lowest BCUT2D eigenvalue weighted by molar-refractivity contribution is -0.157. The maximum absolute atomic E-state index is 15.9. The molecule has 1 aromatic heterocycles. The molecule has 4 fully saturated rings. The van der Waals surface area contributed by atoms with E-state index in [1.54, 1.807) is 12.4 Å². The molecule has 2 aromatic rings. The maximum atomic E-state index is 15.9. The second-order valence-corrected chi connectivity index (χ2v) is 15.4. The predicted molar refractivity (Wildman–Crippen MR) is 168 cm³/mol. The van der Waals surface area contributed by atoms with Crippen molar-refractivity contribution in [2.75, 3.05) is 0 Å². The maximum Gasteiger partial charge on any atom is 0.158 e. The number of benzene rings is 1. The number of pyridine rings is 1. The molecular weight excluding hydrogens is 507 g/mol. The summed E-state index contributed by atoms with van der Waals surface area (Å²) in [6.07, 6.45) is 15.7. The molecule has 10 atom stereocenters. The Morgan fingerprint density at radius 1 is 1.00 bits per heavy atom. The molecule has 3 nitrogen and oxygen atoms in total. The molecule has 0 N–H and O–H groups in total. The van der Waals surface area contributed by atoms with Gasteiger partial charge in [0.05, 0.1) is 11.7 Å². The monoisotopic (exact) mass is 560 g/mol. The summed E-state index contributed by atoms with van der Waals surface area (Å²) in [5, 5.41) is 5.38. The van der Waals surface area contributed by atoms with Crippen molar-refractivity contribution in [3.8, 4) is 0 Å². The summed E-state index contributed by atoms with van der Waals surface area (Å²) >= 11 is 0. The van der Waals surface area contributed by atoms with Crippen LogP contribution in [0.25, 0.3) is 10.9 Å². The summed E-state index contributed by atoms with van der Waals surface area (Å²) in [5.41, 5.74) is 2.39. The molecule has 0 amide bonds. The summed E-state index contributed by atoms with van der Waals surface area (Å²) in [6, 6.07) is 10.0. The topological polar surface area (TPSA) is 34.5 Å². The third-order valence-corrected chi connectivity index (χ3v) is 12.9. The molecule has 0 bridgehead atoms. The lowest BCUT2D eigenvalue weighted by Gasteiger charge is -2.61. The van der Waals surface area contributed by atoms with Crippen LogP contribution in [0.15, 0.2) is 41.7 Å². The molecule has 4 aliphatic rings. The van der Waals surface area contributed by atoms with E-state index in [0.29, 0.717) is 23.7 Å². The zero-order valence-electron chi connectivity index (χ0n) is 26.2. The van der Waals surface area contributed by atoms with Gasteiger partial charge in [-0.25, -0.2) is 4.39 Å². The third kappa shape index (κ3) is 5.35. The van der Waals surface area contributed by atoms with E-state index in [0.717, 1.165) is 52.5 Å². The van der Waals surface area contributed by atoms with Crippen molar-refractivity contribution in [3.63, 3.8) is 0 Å². The van der Waals surface area contributed by atoms with E-state index in [2.05, 4.69) is 44.8 Å². The second-order valence-electron chi connectivity index (χ2n) is 15.4. The Balaban J connectivity index is 1.11. The molecule has 1 aromatic carbocycles. The number of halogens is 1. The lowest BCUT2D eigenvalue weighted by Crippen LogP contribution is -2.56. The molecule has 0 radical (unpaired) electrons. The quantitative estimate of drug-likeness (QED) is 0.238.